The van der Waals surface area contributed by atoms with Gasteiger partial charge in [-0.15, -0.1) is 11.3 Å². The molecule has 12 rings (SSSR count). The first kappa shape index (κ1) is 28.2. The third-order valence-corrected chi connectivity index (χ3v) is 12.5. The van der Waals surface area contributed by atoms with E-state index in [9.17, 15) is 0 Å². The molecule has 0 radical (unpaired) electrons. The van der Waals surface area contributed by atoms with Gasteiger partial charge in [-0.3, -0.25) is 4.57 Å². The Morgan fingerprint density at radius 2 is 1.13 bits per heavy atom. The Morgan fingerprint density at radius 1 is 0.519 bits per heavy atom. The third kappa shape index (κ3) is 3.71. The molecule has 4 aromatic heterocycles. The molecule has 0 fully saturated rings. The highest BCUT2D eigenvalue weighted by Gasteiger charge is 2.22. The minimum absolute atomic E-state index is 0.972. The number of hydrogen-bond donors (Lipinski definition) is 1. The van der Waals surface area contributed by atoms with E-state index in [1.165, 1.54) is 96.2 Å². The monoisotopic (exact) mass is 679 g/mol. The van der Waals surface area contributed by atoms with Crippen LogP contribution in [0.4, 0.5) is 0 Å². The van der Waals surface area contributed by atoms with E-state index in [0.717, 1.165) is 22.4 Å². The van der Waals surface area contributed by atoms with Crippen molar-refractivity contribution in [2.75, 3.05) is 0 Å². The molecule has 0 aliphatic rings. The predicted molar refractivity (Wildman–Crippen MR) is 224 cm³/mol. The van der Waals surface area contributed by atoms with E-state index < -0.39 is 0 Å². The van der Waals surface area contributed by atoms with Crippen molar-refractivity contribution in [3.05, 3.63) is 157 Å². The van der Waals surface area contributed by atoms with Gasteiger partial charge in [-0.25, -0.2) is 4.98 Å². The average Bonchev–Trinajstić information content (AvgIpc) is 3.88. The summed E-state index contributed by atoms with van der Waals surface area (Å²) in [5, 5.41) is 15.3. The van der Waals surface area contributed by atoms with E-state index in [1.54, 1.807) is 0 Å². The number of pyridine rings is 1. The van der Waals surface area contributed by atoms with Crippen LogP contribution in [0.25, 0.3) is 113 Å². The molecular weight excluding hydrogens is 651 g/mol. The smallest absolute Gasteiger partial charge is 0.155 e. The van der Waals surface area contributed by atoms with Crippen LogP contribution in [0.1, 0.15) is 5.56 Å². The Kier molecular flexibility index (Phi) is 5.58. The number of benzene rings is 8. The predicted octanol–water partition coefficient (Wildman–Crippen LogP) is 13.6. The lowest BCUT2D eigenvalue weighted by Gasteiger charge is -2.12. The van der Waals surface area contributed by atoms with Gasteiger partial charge >= 0.3 is 0 Å². The van der Waals surface area contributed by atoms with Gasteiger partial charge < -0.3 is 4.98 Å². The van der Waals surface area contributed by atoms with Gasteiger partial charge in [0.25, 0.3) is 0 Å². The summed E-state index contributed by atoms with van der Waals surface area (Å²) in [5.74, 6) is 0.972. The summed E-state index contributed by atoms with van der Waals surface area (Å²) >= 11 is 1.83. The topological polar surface area (TPSA) is 33.6 Å². The van der Waals surface area contributed by atoms with Gasteiger partial charge in [-0.2, -0.15) is 0 Å². The van der Waals surface area contributed by atoms with E-state index in [2.05, 4.69) is 162 Å². The molecule has 0 unspecified atom stereocenters. The molecule has 0 saturated carbocycles. The second-order valence-electron chi connectivity index (χ2n) is 14.0. The molecule has 52 heavy (non-hydrogen) atoms. The molecule has 0 spiro atoms. The molecule has 0 aliphatic heterocycles. The Bertz CT molecular complexity index is 3450. The van der Waals surface area contributed by atoms with Crippen molar-refractivity contribution in [3.63, 3.8) is 0 Å². The van der Waals surface area contributed by atoms with E-state index in [0.29, 0.717) is 0 Å². The molecular formula is C48H29N3S. The van der Waals surface area contributed by atoms with Gasteiger partial charge in [0.2, 0.25) is 0 Å². The van der Waals surface area contributed by atoms with E-state index in [1.807, 2.05) is 17.5 Å². The largest absolute Gasteiger partial charge is 0.353 e. The Labute approximate surface area is 302 Å². The molecule has 0 amide bonds. The van der Waals surface area contributed by atoms with Crippen LogP contribution in [0.2, 0.25) is 0 Å². The summed E-state index contributed by atoms with van der Waals surface area (Å²) in [5.41, 5.74) is 8.37. The van der Waals surface area contributed by atoms with E-state index >= 15 is 0 Å². The van der Waals surface area contributed by atoms with Crippen molar-refractivity contribution in [3.8, 4) is 16.9 Å². The van der Waals surface area contributed by atoms with Crippen molar-refractivity contribution in [2.24, 2.45) is 0 Å². The van der Waals surface area contributed by atoms with Gasteiger partial charge in [-0.1, -0.05) is 103 Å². The number of nitrogens with zero attached hydrogens (tertiary/aromatic N) is 2. The van der Waals surface area contributed by atoms with Crippen LogP contribution in [0.15, 0.2) is 152 Å². The lowest BCUT2D eigenvalue weighted by Crippen LogP contribution is -1.98. The van der Waals surface area contributed by atoms with Crippen molar-refractivity contribution in [1.82, 2.24) is 14.5 Å². The molecule has 8 aromatic carbocycles. The van der Waals surface area contributed by atoms with Crippen LogP contribution in [-0.4, -0.2) is 14.5 Å². The minimum Gasteiger partial charge on any atom is -0.353 e. The standard InChI is InChI=1S/C48H29N3S/c1-27-24-40-35-14-7-9-17-42(35)51(46(40)45-44(27)37-15-6-8-16-41(37)50-45)48-47-36(22-23-49-48)39-26-29(19-21-43(39)52-47)28-18-20-34-32-12-3-2-10-30(32)31-11-4-5-13-33(31)38(34)25-28/h2-26,50H,1H3. The molecule has 1 N–H and O–H groups in total. The molecule has 242 valence electrons. The van der Waals surface area contributed by atoms with Crippen LogP contribution in [-0.2, 0) is 0 Å². The maximum Gasteiger partial charge on any atom is 0.155 e. The van der Waals surface area contributed by atoms with Gasteiger partial charge in [0.15, 0.2) is 5.82 Å². The maximum absolute atomic E-state index is 5.16. The number of aryl methyl sites for hydroxylation is 1. The zero-order chi connectivity index (χ0) is 34.1. The van der Waals surface area contributed by atoms with Gasteiger partial charge in [-0.05, 0) is 98.4 Å². The third-order valence-electron chi connectivity index (χ3n) is 11.3. The van der Waals surface area contributed by atoms with E-state index in [4.69, 9.17) is 4.98 Å². The number of aromatic nitrogens is 3. The minimum atomic E-state index is 0.972. The highest BCUT2D eigenvalue weighted by Crippen LogP contribution is 2.44. The zero-order valence-electron chi connectivity index (χ0n) is 28.2. The molecule has 0 saturated heterocycles. The van der Waals surface area contributed by atoms with Crippen LogP contribution in [0.5, 0.6) is 0 Å². The van der Waals surface area contributed by atoms with Gasteiger partial charge in [0.05, 0.1) is 21.3 Å². The van der Waals surface area contributed by atoms with Gasteiger partial charge in [0.1, 0.15) is 0 Å². The molecule has 0 atom stereocenters. The summed E-state index contributed by atoms with van der Waals surface area (Å²) in [7, 11) is 0. The number of hydrogen-bond acceptors (Lipinski definition) is 2. The fourth-order valence-electron chi connectivity index (χ4n) is 9.01. The maximum atomic E-state index is 5.16. The summed E-state index contributed by atoms with van der Waals surface area (Å²) in [6.45, 7) is 2.23. The number of aromatic amines is 1. The van der Waals surface area contributed by atoms with E-state index in [-0.39, 0.29) is 0 Å². The number of H-pyrrole nitrogens is 1. The summed E-state index contributed by atoms with van der Waals surface area (Å²) < 4.78 is 4.86. The van der Waals surface area contributed by atoms with Crippen molar-refractivity contribution in [1.29, 1.82) is 0 Å². The first-order valence-electron chi connectivity index (χ1n) is 17.8. The number of rotatable bonds is 2. The second kappa shape index (κ2) is 10.3. The Morgan fingerprint density at radius 3 is 1.90 bits per heavy atom. The summed E-state index contributed by atoms with van der Waals surface area (Å²) in [6.07, 6.45) is 1.99. The fraction of sp³-hybridized carbons (Fsp3) is 0.0208. The number of thiophene rings is 1. The Hall–Kier alpha value is -6.49. The van der Waals surface area contributed by atoms with Crippen molar-refractivity contribution < 1.29 is 0 Å². The Balaban J connectivity index is 1.11. The normalized spacial score (nSPS) is 12.3. The SMILES string of the molecule is Cc1cc2c3ccccc3n(-c3nccc4c3sc3ccc(-c5ccc6c7ccccc7c7ccccc7c6c5)cc34)c2c2[nH]c3ccccc3c12. The number of nitrogens with one attached hydrogen (secondary N) is 1. The lowest BCUT2D eigenvalue weighted by atomic mass is 9.92. The first-order chi connectivity index (χ1) is 25.7. The highest BCUT2D eigenvalue weighted by molar-refractivity contribution is 7.26. The highest BCUT2D eigenvalue weighted by atomic mass is 32.1. The molecule has 0 bridgehead atoms. The quantitative estimate of drug-likeness (QED) is 0.181. The van der Waals surface area contributed by atoms with Gasteiger partial charge in [0, 0.05) is 48.7 Å². The second-order valence-corrected chi connectivity index (χ2v) is 15.1. The molecule has 12 aromatic rings. The van der Waals surface area contributed by atoms with Crippen LogP contribution >= 0.6 is 11.3 Å². The van der Waals surface area contributed by atoms with Crippen molar-refractivity contribution >= 4 is 107 Å². The molecule has 4 heteroatoms. The van der Waals surface area contributed by atoms with Crippen LogP contribution in [0.3, 0.4) is 0 Å². The fourth-order valence-corrected chi connectivity index (χ4v) is 10.2. The summed E-state index contributed by atoms with van der Waals surface area (Å²) in [6, 6.07) is 53.5. The lowest BCUT2D eigenvalue weighted by molar-refractivity contribution is 1.11. The molecule has 4 heterocycles. The first-order valence-corrected chi connectivity index (χ1v) is 18.6. The van der Waals surface area contributed by atoms with Crippen LogP contribution < -0.4 is 0 Å². The van der Waals surface area contributed by atoms with Crippen LogP contribution in [0, 0.1) is 6.92 Å². The number of para-hydroxylation sites is 2. The zero-order valence-corrected chi connectivity index (χ0v) is 29.1. The number of fused-ring (bicyclic) bond motifs is 16. The van der Waals surface area contributed by atoms with Crippen molar-refractivity contribution in [2.45, 2.75) is 6.92 Å². The summed E-state index contributed by atoms with van der Waals surface area (Å²) in [4.78, 5) is 8.98. The average molecular weight is 680 g/mol. The molecule has 0 aliphatic carbocycles. The molecule has 3 nitrogen and oxygen atoms in total.